The summed E-state index contributed by atoms with van der Waals surface area (Å²) >= 11 is 6.28. The Hall–Kier alpha value is -2.73. The van der Waals surface area contributed by atoms with Gasteiger partial charge in [0, 0.05) is 44.1 Å². The number of carbonyl (C=O) groups is 2. The second-order valence-corrected chi connectivity index (χ2v) is 7.81. The lowest BCUT2D eigenvalue weighted by Crippen LogP contribution is -2.52. The lowest BCUT2D eigenvalue weighted by molar-refractivity contribution is -0.116. The summed E-state index contributed by atoms with van der Waals surface area (Å²) in [6.07, 6.45) is 2.08. The quantitative estimate of drug-likeness (QED) is 0.512. The number of halogens is 1. The molecule has 0 bridgehead atoms. The van der Waals surface area contributed by atoms with E-state index in [-0.39, 0.29) is 11.9 Å². The Balaban J connectivity index is 1.49. The number of nitrogens with zero attached hydrogens (tertiary/aromatic N) is 2. The van der Waals surface area contributed by atoms with Crippen LogP contribution >= 0.6 is 11.6 Å². The van der Waals surface area contributed by atoms with E-state index in [1.54, 1.807) is 0 Å². The van der Waals surface area contributed by atoms with Gasteiger partial charge in [-0.15, -0.1) is 11.6 Å². The van der Waals surface area contributed by atoms with Gasteiger partial charge in [-0.25, -0.2) is 4.79 Å². The number of nitrogens with one attached hydrogen (secondary N) is 2. The van der Waals surface area contributed by atoms with Crippen molar-refractivity contribution in [2.24, 2.45) is 0 Å². The Kier molecular flexibility index (Phi) is 7.97. The second kappa shape index (κ2) is 10.9. The van der Waals surface area contributed by atoms with Gasteiger partial charge in [0.25, 0.3) is 0 Å². The molecule has 3 amide bonds. The Morgan fingerprint density at radius 3 is 2.30 bits per heavy atom. The first-order valence-electron chi connectivity index (χ1n) is 10.5. The van der Waals surface area contributed by atoms with Crippen LogP contribution in [0.25, 0.3) is 0 Å². The Bertz CT molecular complexity index is 821. The highest BCUT2D eigenvalue weighted by Crippen LogP contribution is 2.24. The standard InChI is InChI=1S/C23H29ClN4O2/c1-2-3-13-25-23(30)28-16-14-27(15-17-28)20-11-9-19(10-12-20)26-22(29)21(24)18-7-5-4-6-8-18/h4-12,21H,2-3,13-17H2,1H3,(H,25,30)(H,26,29). The second-order valence-electron chi connectivity index (χ2n) is 7.37. The van der Waals surface area contributed by atoms with E-state index >= 15 is 0 Å². The number of hydrogen-bond donors (Lipinski definition) is 2. The monoisotopic (exact) mass is 428 g/mol. The molecule has 2 aromatic rings. The molecular weight excluding hydrogens is 400 g/mol. The highest BCUT2D eigenvalue weighted by Gasteiger charge is 2.21. The highest BCUT2D eigenvalue weighted by atomic mass is 35.5. The number of carbonyl (C=O) groups excluding carboxylic acids is 2. The van der Waals surface area contributed by atoms with Crippen LogP contribution in [0.1, 0.15) is 30.7 Å². The molecule has 160 valence electrons. The largest absolute Gasteiger partial charge is 0.368 e. The summed E-state index contributed by atoms with van der Waals surface area (Å²) in [5.74, 6) is -0.252. The number of rotatable bonds is 7. The SMILES string of the molecule is CCCCNC(=O)N1CCN(c2ccc(NC(=O)C(Cl)c3ccccc3)cc2)CC1. The summed E-state index contributed by atoms with van der Waals surface area (Å²) in [6, 6.07) is 17.0. The maximum Gasteiger partial charge on any atom is 0.317 e. The van der Waals surface area contributed by atoms with Crippen molar-refractivity contribution in [1.29, 1.82) is 0 Å². The molecule has 0 saturated carbocycles. The van der Waals surface area contributed by atoms with Gasteiger partial charge in [-0.05, 0) is 36.2 Å². The van der Waals surface area contributed by atoms with Gasteiger partial charge in [0.2, 0.25) is 5.91 Å². The van der Waals surface area contributed by atoms with Gasteiger partial charge in [0.05, 0.1) is 0 Å². The van der Waals surface area contributed by atoms with Gasteiger partial charge >= 0.3 is 6.03 Å². The molecule has 1 heterocycles. The van der Waals surface area contributed by atoms with E-state index in [9.17, 15) is 9.59 Å². The number of hydrogen-bond acceptors (Lipinski definition) is 3. The van der Waals surface area contributed by atoms with Crippen molar-refractivity contribution in [2.75, 3.05) is 42.9 Å². The molecule has 0 aliphatic carbocycles. The smallest absolute Gasteiger partial charge is 0.317 e. The maximum atomic E-state index is 12.4. The summed E-state index contributed by atoms with van der Waals surface area (Å²) in [5, 5.41) is 5.10. The Labute approximate surface area is 183 Å². The minimum Gasteiger partial charge on any atom is -0.368 e. The van der Waals surface area contributed by atoms with E-state index in [1.807, 2.05) is 59.5 Å². The fourth-order valence-electron chi connectivity index (χ4n) is 3.39. The third kappa shape index (κ3) is 5.89. The Morgan fingerprint density at radius 1 is 1.00 bits per heavy atom. The van der Waals surface area contributed by atoms with Gasteiger partial charge in [-0.1, -0.05) is 43.7 Å². The molecule has 30 heavy (non-hydrogen) atoms. The van der Waals surface area contributed by atoms with Crippen molar-refractivity contribution in [3.63, 3.8) is 0 Å². The molecule has 0 radical (unpaired) electrons. The van der Waals surface area contributed by atoms with Gasteiger partial charge in [0.1, 0.15) is 5.38 Å². The number of alkyl halides is 1. The Morgan fingerprint density at radius 2 is 1.67 bits per heavy atom. The summed E-state index contributed by atoms with van der Waals surface area (Å²) in [5.41, 5.74) is 2.55. The topological polar surface area (TPSA) is 64.7 Å². The molecule has 1 aliphatic rings. The van der Waals surface area contributed by atoms with E-state index < -0.39 is 5.38 Å². The maximum absolute atomic E-state index is 12.4. The normalized spacial score (nSPS) is 14.9. The lowest BCUT2D eigenvalue weighted by Gasteiger charge is -2.36. The summed E-state index contributed by atoms with van der Waals surface area (Å²) in [4.78, 5) is 28.7. The van der Waals surface area contributed by atoms with Crippen LogP contribution in [-0.2, 0) is 4.79 Å². The van der Waals surface area contributed by atoms with Crippen molar-refractivity contribution in [3.8, 4) is 0 Å². The minimum absolute atomic E-state index is 0.0233. The van der Waals surface area contributed by atoms with Crippen molar-refractivity contribution >= 4 is 34.9 Å². The van der Waals surface area contributed by atoms with Crippen molar-refractivity contribution in [3.05, 3.63) is 60.2 Å². The van der Waals surface area contributed by atoms with Crippen LogP contribution in [0.4, 0.5) is 16.2 Å². The third-order valence-electron chi connectivity index (χ3n) is 5.20. The molecule has 7 heteroatoms. The highest BCUT2D eigenvalue weighted by molar-refractivity contribution is 6.32. The summed E-state index contributed by atoms with van der Waals surface area (Å²) in [6.45, 7) is 5.80. The minimum atomic E-state index is -0.734. The fourth-order valence-corrected chi connectivity index (χ4v) is 3.59. The molecule has 1 atom stereocenters. The van der Waals surface area contributed by atoms with Gasteiger partial charge in [-0.3, -0.25) is 4.79 Å². The van der Waals surface area contributed by atoms with E-state index in [1.165, 1.54) is 0 Å². The zero-order valence-corrected chi connectivity index (χ0v) is 18.1. The first kappa shape index (κ1) is 22.0. The summed E-state index contributed by atoms with van der Waals surface area (Å²) < 4.78 is 0. The van der Waals surface area contributed by atoms with Gasteiger partial charge < -0.3 is 20.4 Å². The van der Waals surface area contributed by atoms with Crippen LogP contribution < -0.4 is 15.5 Å². The van der Waals surface area contributed by atoms with E-state index in [2.05, 4.69) is 22.5 Å². The zero-order valence-electron chi connectivity index (χ0n) is 17.3. The van der Waals surface area contributed by atoms with Gasteiger partial charge in [-0.2, -0.15) is 0 Å². The van der Waals surface area contributed by atoms with Crippen LogP contribution in [0.2, 0.25) is 0 Å². The fraction of sp³-hybridized carbons (Fsp3) is 0.391. The third-order valence-corrected chi connectivity index (χ3v) is 5.65. The van der Waals surface area contributed by atoms with E-state index in [0.29, 0.717) is 18.8 Å². The summed E-state index contributed by atoms with van der Waals surface area (Å²) in [7, 11) is 0. The number of piperazine rings is 1. The van der Waals surface area contributed by atoms with Crippen LogP contribution in [-0.4, -0.2) is 49.6 Å². The molecule has 1 aliphatic heterocycles. The predicted octanol–water partition coefficient (Wildman–Crippen LogP) is 4.24. The average Bonchev–Trinajstić information content (AvgIpc) is 2.80. The molecule has 2 aromatic carbocycles. The first-order valence-corrected chi connectivity index (χ1v) is 10.9. The van der Waals surface area contributed by atoms with Crippen LogP contribution in [0.5, 0.6) is 0 Å². The molecule has 1 fully saturated rings. The number of amides is 3. The van der Waals surface area contributed by atoms with Gasteiger partial charge in [0.15, 0.2) is 0 Å². The lowest BCUT2D eigenvalue weighted by atomic mass is 10.1. The number of urea groups is 1. The molecule has 3 rings (SSSR count). The molecule has 2 N–H and O–H groups in total. The molecule has 1 unspecified atom stereocenters. The molecule has 6 nitrogen and oxygen atoms in total. The van der Waals surface area contributed by atoms with Crippen LogP contribution in [0.3, 0.4) is 0 Å². The zero-order chi connectivity index (χ0) is 21.3. The molecule has 1 saturated heterocycles. The predicted molar refractivity (Wildman–Crippen MR) is 122 cm³/mol. The number of anilines is 2. The van der Waals surface area contributed by atoms with E-state index in [4.69, 9.17) is 11.6 Å². The van der Waals surface area contributed by atoms with Crippen molar-refractivity contribution < 1.29 is 9.59 Å². The number of benzene rings is 2. The molecule has 0 spiro atoms. The first-order chi connectivity index (χ1) is 14.6. The molecule has 0 aromatic heterocycles. The van der Waals surface area contributed by atoms with Crippen LogP contribution in [0, 0.1) is 0 Å². The van der Waals surface area contributed by atoms with Crippen molar-refractivity contribution in [2.45, 2.75) is 25.1 Å². The average molecular weight is 429 g/mol. The van der Waals surface area contributed by atoms with Crippen molar-refractivity contribution in [1.82, 2.24) is 10.2 Å². The number of unbranched alkanes of at least 4 members (excludes halogenated alkanes) is 1. The van der Waals surface area contributed by atoms with E-state index in [0.717, 1.165) is 43.7 Å². The molecular formula is C23H29ClN4O2. The van der Waals surface area contributed by atoms with Crippen LogP contribution in [0.15, 0.2) is 54.6 Å².